The molecule has 0 spiro atoms. The predicted octanol–water partition coefficient (Wildman–Crippen LogP) is 1.69. The van der Waals surface area contributed by atoms with Crippen LogP contribution in [0.2, 0.25) is 0 Å². The quantitative estimate of drug-likeness (QED) is 0.824. The van der Waals surface area contributed by atoms with Gasteiger partial charge in [-0.1, -0.05) is 48.5 Å². The van der Waals surface area contributed by atoms with E-state index in [9.17, 15) is 14.7 Å². The van der Waals surface area contributed by atoms with Gasteiger partial charge in [0.25, 0.3) is 5.91 Å². The second kappa shape index (κ2) is 7.38. The molecule has 0 aliphatic heterocycles. The van der Waals surface area contributed by atoms with Crippen LogP contribution in [0.5, 0.6) is 0 Å². The summed E-state index contributed by atoms with van der Waals surface area (Å²) in [5.74, 6) is -1.16. The lowest BCUT2D eigenvalue weighted by atomic mass is 10.0. The number of esters is 1. The molecule has 2 N–H and O–H groups in total. The van der Waals surface area contributed by atoms with Gasteiger partial charge in [-0.05, 0) is 17.7 Å². The first-order chi connectivity index (χ1) is 10.6. The van der Waals surface area contributed by atoms with Gasteiger partial charge in [0.2, 0.25) is 0 Å². The number of methoxy groups -OCH3 is 1. The zero-order valence-corrected chi connectivity index (χ0v) is 12.1. The minimum atomic E-state index is -1.19. The Morgan fingerprint density at radius 3 is 2.09 bits per heavy atom. The van der Waals surface area contributed by atoms with Crippen LogP contribution in [0.25, 0.3) is 0 Å². The van der Waals surface area contributed by atoms with Crippen LogP contribution in [-0.4, -0.2) is 30.1 Å². The lowest BCUT2D eigenvalue weighted by molar-refractivity contribution is -0.146. The van der Waals surface area contributed by atoms with Crippen LogP contribution >= 0.6 is 0 Å². The van der Waals surface area contributed by atoms with Crippen molar-refractivity contribution in [2.45, 2.75) is 12.1 Å². The fourth-order valence-corrected chi connectivity index (χ4v) is 2.05. The molecule has 2 rings (SSSR count). The zero-order valence-electron chi connectivity index (χ0n) is 12.1. The number of benzene rings is 2. The molecule has 0 radical (unpaired) electrons. The number of nitrogens with one attached hydrogen (secondary N) is 1. The minimum Gasteiger partial charge on any atom is -0.467 e. The van der Waals surface area contributed by atoms with Gasteiger partial charge in [-0.15, -0.1) is 0 Å². The number of carbonyl (C=O) groups is 2. The molecule has 2 aromatic carbocycles. The molecule has 0 fully saturated rings. The van der Waals surface area contributed by atoms with E-state index in [1.54, 1.807) is 60.7 Å². The topological polar surface area (TPSA) is 75.6 Å². The molecular weight excluding hydrogens is 282 g/mol. The van der Waals surface area contributed by atoms with Crippen molar-refractivity contribution in [2.75, 3.05) is 7.11 Å². The van der Waals surface area contributed by atoms with Crippen molar-refractivity contribution in [2.24, 2.45) is 0 Å². The average Bonchev–Trinajstić information content (AvgIpc) is 2.59. The van der Waals surface area contributed by atoms with E-state index in [4.69, 9.17) is 0 Å². The molecule has 2 unspecified atom stereocenters. The van der Waals surface area contributed by atoms with Gasteiger partial charge in [0.1, 0.15) is 6.10 Å². The molecule has 0 heterocycles. The summed E-state index contributed by atoms with van der Waals surface area (Å²) in [6, 6.07) is 15.9. The Morgan fingerprint density at radius 2 is 1.55 bits per heavy atom. The standard InChI is InChI=1S/C17H17NO4/c1-22-17(21)14(15(19)12-8-4-2-5-9-12)18-16(20)13-10-6-3-7-11-13/h2-11,14-15,19H,1H3,(H,18,20). The van der Waals surface area contributed by atoms with Crippen molar-refractivity contribution < 1.29 is 19.4 Å². The van der Waals surface area contributed by atoms with Crippen LogP contribution in [0.1, 0.15) is 22.0 Å². The Bertz CT molecular complexity index is 628. The van der Waals surface area contributed by atoms with Gasteiger partial charge in [-0.2, -0.15) is 0 Å². The van der Waals surface area contributed by atoms with Crippen LogP contribution < -0.4 is 5.32 Å². The summed E-state index contributed by atoms with van der Waals surface area (Å²) in [5.41, 5.74) is 0.919. The number of aliphatic hydroxyl groups excluding tert-OH is 1. The second-order valence-corrected chi connectivity index (χ2v) is 4.70. The molecule has 0 saturated carbocycles. The maximum absolute atomic E-state index is 12.2. The first kappa shape index (κ1) is 15.7. The third-order valence-electron chi connectivity index (χ3n) is 3.23. The Kier molecular flexibility index (Phi) is 5.27. The van der Waals surface area contributed by atoms with Gasteiger partial charge in [0.15, 0.2) is 6.04 Å². The third kappa shape index (κ3) is 3.71. The summed E-state index contributed by atoms with van der Waals surface area (Å²) >= 11 is 0. The molecule has 0 bridgehead atoms. The smallest absolute Gasteiger partial charge is 0.331 e. The Morgan fingerprint density at radius 1 is 1.00 bits per heavy atom. The highest BCUT2D eigenvalue weighted by Crippen LogP contribution is 2.18. The van der Waals surface area contributed by atoms with Crippen LogP contribution in [-0.2, 0) is 9.53 Å². The number of ether oxygens (including phenoxy) is 1. The van der Waals surface area contributed by atoms with E-state index in [1.165, 1.54) is 7.11 Å². The molecule has 5 nitrogen and oxygen atoms in total. The zero-order chi connectivity index (χ0) is 15.9. The summed E-state index contributed by atoms with van der Waals surface area (Å²) in [6.07, 6.45) is -1.19. The van der Waals surface area contributed by atoms with Crippen molar-refractivity contribution in [1.82, 2.24) is 5.32 Å². The van der Waals surface area contributed by atoms with Gasteiger partial charge in [-0.3, -0.25) is 4.79 Å². The van der Waals surface area contributed by atoms with E-state index in [2.05, 4.69) is 10.1 Å². The Balaban J connectivity index is 2.20. The van der Waals surface area contributed by atoms with Crippen LogP contribution in [0.3, 0.4) is 0 Å². The summed E-state index contributed by atoms with van der Waals surface area (Å²) in [5, 5.41) is 12.9. The van der Waals surface area contributed by atoms with Gasteiger partial charge >= 0.3 is 5.97 Å². The summed E-state index contributed by atoms with van der Waals surface area (Å²) in [6.45, 7) is 0. The number of carbonyl (C=O) groups excluding carboxylic acids is 2. The van der Waals surface area contributed by atoms with Crippen molar-refractivity contribution >= 4 is 11.9 Å². The second-order valence-electron chi connectivity index (χ2n) is 4.70. The predicted molar refractivity (Wildman–Crippen MR) is 81.1 cm³/mol. The number of hydrogen-bond donors (Lipinski definition) is 2. The molecule has 2 aromatic rings. The first-order valence-corrected chi connectivity index (χ1v) is 6.80. The highest BCUT2D eigenvalue weighted by Gasteiger charge is 2.30. The van der Waals surface area contributed by atoms with E-state index in [-0.39, 0.29) is 0 Å². The van der Waals surface area contributed by atoms with Crippen molar-refractivity contribution in [3.63, 3.8) is 0 Å². The molecule has 0 saturated heterocycles. The molecule has 0 aromatic heterocycles. The molecule has 0 aliphatic carbocycles. The van der Waals surface area contributed by atoms with E-state index in [1.807, 2.05) is 0 Å². The third-order valence-corrected chi connectivity index (χ3v) is 3.23. The number of amides is 1. The molecule has 1 amide bonds. The molecular formula is C17H17NO4. The SMILES string of the molecule is COC(=O)C(NC(=O)c1ccccc1)C(O)c1ccccc1. The number of hydrogen-bond acceptors (Lipinski definition) is 4. The molecule has 22 heavy (non-hydrogen) atoms. The average molecular weight is 299 g/mol. The van der Waals surface area contributed by atoms with Crippen molar-refractivity contribution in [1.29, 1.82) is 0 Å². The maximum atomic E-state index is 12.2. The molecule has 0 aliphatic rings. The van der Waals surface area contributed by atoms with Crippen LogP contribution in [0.4, 0.5) is 0 Å². The van der Waals surface area contributed by atoms with Crippen molar-refractivity contribution in [3.05, 3.63) is 71.8 Å². The molecule has 114 valence electrons. The van der Waals surface area contributed by atoms with Crippen molar-refractivity contribution in [3.8, 4) is 0 Å². The fourth-order valence-electron chi connectivity index (χ4n) is 2.05. The monoisotopic (exact) mass is 299 g/mol. The summed E-state index contributed by atoms with van der Waals surface area (Å²) < 4.78 is 4.68. The van der Waals surface area contributed by atoms with E-state index < -0.39 is 24.0 Å². The number of rotatable bonds is 5. The largest absolute Gasteiger partial charge is 0.467 e. The summed E-state index contributed by atoms with van der Waals surface area (Å²) in [4.78, 5) is 24.1. The normalized spacial score (nSPS) is 13.0. The van der Waals surface area contributed by atoms with Gasteiger partial charge in [0.05, 0.1) is 7.11 Å². The van der Waals surface area contributed by atoms with E-state index in [0.29, 0.717) is 11.1 Å². The maximum Gasteiger partial charge on any atom is 0.331 e. The van der Waals surface area contributed by atoms with E-state index in [0.717, 1.165) is 0 Å². The first-order valence-electron chi connectivity index (χ1n) is 6.80. The van der Waals surface area contributed by atoms with E-state index >= 15 is 0 Å². The summed E-state index contributed by atoms with van der Waals surface area (Å²) in [7, 11) is 1.21. The number of aliphatic hydroxyl groups is 1. The molecule has 2 atom stereocenters. The Labute approximate surface area is 128 Å². The molecule has 5 heteroatoms. The van der Waals surface area contributed by atoms with Gasteiger partial charge < -0.3 is 15.2 Å². The lowest BCUT2D eigenvalue weighted by Gasteiger charge is -2.22. The highest BCUT2D eigenvalue weighted by molar-refractivity contribution is 5.96. The minimum absolute atomic E-state index is 0.400. The van der Waals surface area contributed by atoms with Crippen LogP contribution in [0.15, 0.2) is 60.7 Å². The fraction of sp³-hybridized carbons (Fsp3) is 0.176. The van der Waals surface area contributed by atoms with Gasteiger partial charge in [0, 0.05) is 5.56 Å². The Hall–Kier alpha value is -2.66. The highest BCUT2D eigenvalue weighted by atomic mass is 16.5. The lowest BCUT2D eigenvalue weighted by Crippen LogP contribution is -2.45. The van der Waals surface area contributed by atoms with Gasteiger partial charge in [-0.25, -0.2) is 4.79 Å². The van der Waals surface area contributed by atoms with Crippen LogP contribution in [0, 0.1) is 0 Å².